The third-order valence-electron chi connectivity index (χ3n) is 1.11. The summed E-state index contributed by atoms with van der Waals surface area (Å²) in [6, 6.07) is -0.219. The van der Waals surface area contributed by atoms with Crippen LogP contribution in [0.25, 0.3) is 0 Å². The molecule has 13 heavy (non-hydrogen) atoms. The molecule has 0 aliphatic heterocycles. The molecule has 0 rings (SSSR count). The van der Waals surface area contributed by atoms with Crippen LogP contribution in [0.4, 0.5) is 4.79 Å². The third-order valence-corrected chi connectivity index (χ3v) is 1.11. The molecular weight excluding hydrogens is 190 g/mol. The quantitative estimate of drug-likeness (QED) is 0.655. The van der Waals surface area contributed by atoms with Crippen LogP contribution < -0.4 is 16.4 Å². The van der Waals surface area contributed by atoms with E-state index in [0.717, 1.165) is 12.8 Å². The smallest absolute Gasteiger partial charge is 0.312 e. The molecule has 1 atom stereocenters. The number of rotatable bonds is 3. The number of carbonyl (C=O) groups is 1. The van der Waals surface area contributed by atoms with Gasteiger partial charge in [0.1, 0.15) is 0 Å². The van der Waals surface area contributed by atoms with Crippen molar-refractivity contribution in [2.45, 2.75) is 32.7 Å². The molecule has 0 aliphatic carbocycles. The monoisotopic (exact) mass is 211 g/mol. The lowest BCUT2D eigenvalue weighted by atomic mass is 10.2. The molecular formula is C8H22ClN3O. The fourth-order valence-electron chi connectivity index (χ4n) is 0.748. The molecule has 0 aromatic carbocycles. The molecule has 0 aromatic heterocycles. The maximum atomic E-state index is 10.2. The lowest BCUT2D eigenvalue weighted by molar-refractivity contribution is 0.245. The number of hydrogen-bond acceptors (Lipinski definition) is 2. The van der Waals surface area contributed by atoms with Crippen molar-refractivity contribution >= 4 is 18.4 Å². The molecule has 0 heterocycles. The SMILES string of the molecule is CCCC(C)NC(N)=O.CNC.Cl. The first-order valence-corrected chi connectivity index (χ1v) is 4.22. The van der Waals surface area contributed by atoms with Crippen molar-refractivity contribution in [1.82, 2.24) is 10.6 Å². The summed E-state index contributed by atoms with van der Waals surface area (Å²) in [4.78, 5) is 10.2. The summed E-state index contributed by atoms with van der Waals surface area (Å²) < 4.78 is 0. The number of urea groups is 1. The molecule has 1 unspecified atom stereocenters. The summed E-state index contributed by atoms with van der Waals surface area (Å²) in [5.41, 5.74) is 4.87. The van der Waals surface area contributed by atoms with Gasteiger partial charge in [0, 0.05) is 6.04 Å². The molecule has 0 spiro atoms. The average molecular weight is 212 g/mol. The van der Waals surface area contributed by atoms with E-state index in [2.05, 4.69) is 17.6 Å². The first-order chi connectivity index (χ1) is 5.58. The Balaban J connectivity index is -0.000000220. The van der Waals surface area contributed by atoms with Gasteiger partial charge < -0.3 is 16.4 Å². The third kappa shape index (κ3) is 24.6. The van der Waals surface area contributed by atoms with Crippen molar-refractivity contribution in [2.24, 2.45) is 5.73 Å². The minimum Gasteiger partial charge on any atom is -0.352 e. The summed E-state index contributed by atoms with van der Waals surface area (Å²) in [7, 11) is 3.75. The lowest BCUT2D eigenvalue weighted by Gasteiger charge is -2.08. The minimum absolute atomic E-state index is 0. The number of carbonyl (C=O) groups excluding carboxylic acids is 1. The van der Waals surface area contributed by atoms with Gasteiger partial charge in [0.15, 0.2) is 0 Å². The van der Waals surface area contributed by atoms with Crippen molar-refractivity contribution in [3.8, 4) is 0 Å². The Morgan fingerprint density at radius 2 is 1.85 bits per heavy atom. The van der Waals surface area contributed by atoms with Gasteiger partial charge in [-0.2, -0.15) is 0 Å². The van der Waals surface area contributed by atoms with E-state index in [1.165, 1.54) is 0 Å². The zero-order valence-electron chi connectivity index (χ0n) is 8.89. The number of nitrogens with one attached hydrogen (secondary N) is 2. The number of hydrogen-bond donors (Lipinski definition) is 3. The normalized spacial score (nSPS) is 10.2. The van der Waals surface area contributed by atoms with Gasteiger partial charge in [0.05, 0.1) is 0 Å². The maximum Gasteiger partial charge on any atom is 0.312 e. The average Bonchev–Trinajstić information content (AvgIpc) is 1.87. The van der Waals surface area contributed by atoms with Crippen LogP contribution >= 0.6 is 12.4 Å². The van der Waals surface area contributed by atoms with Gasteiger partial charge >= 0.3 is 6.03 Å². The molecule has 0 fully saturated rings. The van der Waals surface area contributed by atoms with Crippen molar-refractivity contribution < 1.29 is 4.79 Å². The second-order valence-corrected chi connectivity index (χ2v) is 2.70. The Kier molecular flexibility index (Phi) is 19.8. The van der Waals surface area contributed by atoms with Crippen LogP contribution in [0.3, 0.4) is 0 Å². The van der Waals surface area contributed by atoms with Gasteiger partial charge in [0.2, 0.25) is 0 Å². The molecule has 5 heteroatoms. The Labute approximate surface area is 87.1 Å². The van der Waals surface area contributed by atoms with Crippen molar-refractivity contribution in [1.29, 1.82) is 0 Å². The molecule has 0 aliphatic rings. The summed E-state index contributed by atoms with van der Waals surface area (Å²) in [6.45, 7) is 4.01. The summed E-state index contributed by atoms with van der Waals surface area (Å²) >= 11 is 0. The van der Waals surface area contributed by atoms with Crippen LogP contribution in [0.15, 0.2) is 0 Å². The number of primary amides is 1. The van der Waals surface area contributed by atoms with Gasteiger partial charge in [0.25, 0.3) is 0 Å². The van der Waals surface area contributed by atoms with Crippen molar-refractivity contribution in [2.75, 3.05) is 14.1 Å². The second kappa shape index (κ2) is 14.1. The predicted molar refractivity (Wildman–Crippen MR) is 59.3 cm³/mol. The Hall–Kier alpha value is -0.480. The first-order valence-electron chi connectivity index (χ1n) is 4.22. The molecule has 0 bridgehead atoms. The zero-order chi connectivity index (χ0) is 9.98. The standard InChI is InChI=1S/C6H14N2O.C2H7N.ClH/c1-3-4-5(2)8-6(7)9;1-3-2;/h5H,3-4H2,1-2H3,(H3,7,8,9);3H,1-2H3;1H. The van der Waals surface area contributed by atoms with Crippen LogP contribution in [0.2, 0.25) is 0 Å². The van der Waals surface area contributed by atoms with Gasteiger partial charge in [-0.1, -0.05) is 13.3 Å². The highest BCUT2D eigenvalue weighted by molar-refractivity contribution is 5.85. The van der Waals surface area contributed by atoms with E-state index >= 15 is 0 Å². The Morgan fingerprint density at radius 3 is 2.08 bits per heavy atom. The van der Waals surface area contributed by atoms with E-state index in [1.807, 2.05) is 21.0 Å². The van der Waals surface area contributed by atoms with Crippen LogP contribution in [-0.4, -0.2) is 26.2 Å². The summed E-state index contributed by atoms with van der Waals surface area (Å²) in [5.74, 6) is 0. The fraction of sp³-hybridized carbons (Fsp3) is 0.875. The molecule has 4 nitrogen and oxygen atoms in total. The highest BCUT2D eigenvalue weighted by atomic mass is 35.5. The molecule has 0 saturated heterocycles. The summed E-state index contributed by atoms with van der Waals surface area (Å²) in [6.07, 6.45) is 2.06. The van der Waals surface area contributed by atoms with Gasteiger partial charge in [-0.05, 0) is 27.4 Å². The fourth-order valence-corrected chi connectivity index (χ4v) is 0.748. The largest absolute Gasteiger partial charge is 0.352 e. The van der Waals surface area contributed by atoms with Gasteiger partial charge in [-0.25, -0.2) is 4.79 Å². The van der Waals surface area contributed by atoms with Crippen LogP contribution in [0, 0.1) is 0 Å². The number of halogens is 1. The predicted octanol–water partition coefficient (Wildman–Crippen LogP) is 1.10. The van der Waals surface area contributed by atoms with Crippen LogP contribution in [-0.2, 0) is 0 Å². The molecule has 0 saturated carbocycles. The van der Waals surface area contributed by atoms with Crippen LogP contribution in [0.5, 0.6) is 0 Å². The molecule has 2 amide bonds. The summed E-state index contributed by atoms with van der Waals surface area (Å²) in [5, 5.41) is 5.33. The van der Waals surface area contributed by atoms with E-state index in [1.54, 1.807) is 0 Å². The highest BCUT2D eigenvalue weighted by Crippen LogP contribution is 1.92. The van der Waals surface area contributed by atoms with E-state index < -0.39 is 6.03 Å². The van der Waals surface area contributed by atoms with E-state index in [0.29, 0.717) is 0 Å². The highest BCUT2D eigenvalue weighted by Gasteiger charge is 1.99. The van der Waals surface area contributed by atoms with Crippen LogP contribution in [0.1, 0.15) is 26.7 Å². The van der Waals surface area contributed by atoms with Gasteiger partial charge in [-0.3, -0.25) is 0 Å². The number of nitrogens with two attached hydrogens (primary N) is 1. The van der Waals surface area contributed by atoms with Crippen molar-refractivity contribution in [3.63, 3.8) is 0 Å². The first kappa shape index (κ1) is 18.3. The second-order valence-electron chi connectivity index (χ2n) is 2.70. The lowest BCUT2D eigenvalue weighted by Crippen LogP contribution is -2.36. The molecule has 0 aromatic rings. The molecule has 4 N–H and O–H groups in total. The van der Waals surface area contributed by atoms with E-state index in [4.69, 9.17) is 5.73 Å². The topological polar surface area (TPSA) is 67.1 Å². The van der Waals surface area contributed by atoms with Gasteiger partial charge in [-0.15, -0.1) is 12.4 Å². The zero-order valence-corrected chi connectivity index (χ0v) is 9.70. The molecule has 0 radical (unpaired) electrons. The van der Waals surface area contributed by atoms with E-state index in [9.17, 15) is 4.79 Å². The van der Waals surface area contributed by atoms with E-state index in [-0.39, 0.29) is 18.4 Å². The Bertz CT molecular complexity index is 112. The maximum absolute atomic E-state index is 10.2. The minimum atomic E-state index is -0.434. The van der Waals surface area contributed by atoms with Crippen molar-refractivity contribution in [3.05, 3.63) is 0 Å². The Morgan fingerprint density at radius 1 is 1.46 bits per heavy atom. The number of amides is 2. The molecule has 82 valence electrons.